The van der Waals surface area contributed by atoms with Gasteiger partial charge in [0.25, 0.3) is 11.8 Å². The van der Waals surface area contributed by atoms with Crippen molar-refractivity contribution >= 4 is 33.4 Å². The molecule has 2 aromatic rings. The summed E-state index contributed by atoms with van der Waals surface area (Å²) >= 11 is 3.24. The number of ether oxygens (including phenoxy) is 1. The number of nitro groups is 1. The van der Waals surface area contributed by atoms with E-state index in [4.69, 9.17) is 4.74 Å². The van der Waals surface area contributed by atoms with Crippen LogP contribution in [0.4, 0.5) is 5.69 Å². The molecule has 0 aliphatic heterocycles. The van der Waals surface area contributed by atoms with E-state index >= 15 is 0 Å². The lowest BCUT2D eigenvalue weighted by atomic mass is 10.2. The maximum Gasteiger partial charge on any atom is 0.310 e. The number of nitrogens with zero attached hydrogens (tertiary/aromatic N) is 1. The molecule has 8 nitrogen and oxygen atoms in total. The van der Waals surface area contributed by atoms with E-state index in [0.717, 1.165) is 4.47 Å². The highest BCUT2D eigenvalue weighted by Crippen LogP contribution is 2.25. The highest BCUT2D eigenvalue weighted by Gasteiger charge is 2.15. The van der Waals surface area contributed by atoms with Crippen LogP contribution in [0.25, 0.3) is 0 Å². The third-order valence-electron chi connectivity index (χ3n) is 2.82. The Kier molecular flexibility index (Phi) is 5.85. The molecule has 0 atom stereocenters. The van der Waals surface area contributed by atoms with E-state index in [1.54, 1.807) is 30.3 Å². The van der Waals surface area contributed by atoms with Crippen molar-refractivity contribution in [2.45, 2.75) is 0 Å². The van der Waals surface area contributed by atoms with Gasteiger partial charge in [0.1, 0.15) is 0 Å². The number of hydrazine groups is 1. The summed E-state index contributed by atoms with van der Waals surface area (Å²) < 4.78 is 5.83. The molecule has 9 heteroatoms. The molecule has 0 saturated carbocycles. The molecule has 2 rings (SSSR count). The summed E-state index contributed by atoms with van der Waals surface area (Å²) in [6.07, 6.45) is 0. The standard InChI is InChI=1S/C15H12BrN3O5/c16-11-5-3-4-10(8-11)15(21)18-17-14(20)9-24-13-7-2-1-6-12(13)19(22)23/h1-8H,9H2,(H,17,20)(H,18,21). The maximum absolute atomic E-state index is 11.8. The highest BCUT2D eigenvalue weighted by molar-refractivity contribution is 9.10. The molecule has 2 aromatic carbocycles. The molecule has 0 aliphatic carbocycles. The van der Waals surface area contributed by atoms with Crippen LogP contribution >= 0.6 is 15.9 Å². The van der Waals surface area contributed by atoms with E-state index in [2.05, 4.69) is 26.8 Å². The summed E-state index contributed by atoms with van der Waals surface area (Å²) in [6.45, 7) is -0.483. The predicted molar refractivity (Wildman–Crippen MR) is 88.3 cm³/mol. The molecule has 0 saturated heterocycles. The van der Waals surface area contributed by atoms with Crippen molar-refractivity contribution in [3.8, 4) is 5.75 Å². The zero-order valence-corrected chi connectivity index (χ0v) is 13.8. The molecule has 24 heavy (non-hydrogen) atoms. The molecule has 0 spiro atoms. The van der Waals surface area contributed by atoms with Crippen LogP contribution in [0.3, 0.4) is 0 Å². The summed E-state index contributed by atoms with van der Waals surface area (Å²) in [5, 5.41) is 10.8. The van der Waals surface area contributed by atoms with Gasteiger partial charge < -0.3 is 4.74 Å². The second-order valence-corrected chi connectivity index (χ2v) is 5.44. The number of para-hydroxylation sites is 2. The molecule has 0 heterocycles. The molecule has 0 bridgehead atoms. The molecule has 2 N–H and O–H groups in total. The molecular weight excluding hydrogens is 382 g/mol. The number of carbonyl (C=O) groups is 2. The molecule has 0 aliphatic rings. The van der Waals surface area contributed by atoms with Gasteiger partial charge in [-0.3, -0.25) is 30.6 Å². The van der Waals surface area contributed by atoms with Gasteiger partial charge in [0.05, 0.1) is 4.92 Å². The van der Waals surface area contributed by atoms with Gasteiger partial charge in [-0.1, -0.05) is 34.1 Å². The number of benzene rings is 2. The number of amides is 2. The van der Waals surface area contributed by atoms with E-state index in [-0.39, 0.29) is 11.4 Å². The third kappa shape index (κ3) is 4.78. The van der Waals surface area contributed by atoms with Gasteiger partial charge in [-0.2, -0.15) is 0 Å². The van der Waals surface area contributed by atoms with E-state index in [1.807, 2.05) is 0 Å². The monoisotopic (exact) mass is 393 g/mol. The Balaban J connectivity index is 1.86. The summed E-state index contributed by atoms with van der Waals surface area (Å²) in [4.78, 5) is 33.7. The largest absolute Gasteiger partial charge is 0.477 e. The van der Waals surface area contributed by atoms with Crippen LogP contribution in [0.2, 0.25) is 0 Å². The number of nitro benzene ring substituents is 1. The Labute approximate surface area is 145 Å². The first-order valence-electron chi connectivity index (χ1n) is 6.68. The molecule has 0 fully saturated rings. The minimum Gasteiger partial charge on any atom is -0.477 e. The van der Waals surface area contributed by atoms with Gasteiger partial charge in [0, 0.05) is 16.1 Å². The SMILES string of the molecule is O=C(COc1ccccc1[N+](=O)[O-])NNC(=O)c1cccc(Br)c1. The fourth-order valence-electron chi connectivity index (χ4n) is 1.74. The van der Waals surface area contributed by atoms with Crippen LogP contribution in [-0.4, -0.2) is 23.3 Å². The zero-order chi connectivity index (χ0) is 17.5. The molecular formula is C15H12BrN3O5. The third-order valence-corrected chi connectivity index (χ3v) is 3.32. The van der Waals surface area contributed by atoms with Crippen molar-refractivity contribution < 1.29 is 19.2 Å². The van der Waals surface area contributed by atoms with Crippen molar-refractivity contribution in [1.29, 1.82) is 0 Å². The smallest absolute Gasteiger partial charge is 0.310 e. The second kappa shape index (κ2) is 8.06. The number of carbonyl (C=O) groups excluding carboxylic acids is 2. The summed E-state index contributed by atoms with van der Waals surface area (Å²) in [6, 6.07) is 12.3. The van der Waals surface area contributed by atoms with Crippen molar-refractivity contribution in [3.05, 3.63) is 68.7 Å². The van der Waals surface area contributed by atoms with Crippen LogP contribution in [0.5, 0.6) is 5.75 Å². The van der Waals surface area contributed by atoms with Crippen molar-refractivity contribution in [3.63, 3.8) is 0 Å². The first kappa shape index (κ1) is 17.4. The van der Waals surface area contributed by atoms with Gasteiger partial charge in [-0.15, -0.1) is 0 Å². The zero-order valence-electron chi connectivity index (χ0n) is 12.2. The van der Waals surface area contributed by atoms with Crippen molar-refractivity contribution in [2.24, 2.45) is 0 Å². The van der Waals surface area contributed by atoms with Gasteiger partial charge >= 0.3 is 5.69 Å². The number of hydrogen-bond donors (Lipinski definition) is 2. The first-order chi connectivity index (χ1) is 11.5. The molecule has 2 amide bonds. The van der Waals surface area contributed by atoms with Crippen LogP contribution in [0, 0.1) is 10.1 Å². The summed E-state index contributed by atoms with van der Waals surface area (Å²) in [5.41, 5.74) is 4.50. The normalized spacial score (nSPS) is 9.88. The number of rotatable bonds is 5. The molecule has 0 aromatic heterocycles. The minimum atomic E-state index is -0.656. The van der Waals surface area contributed by atoms with Gasteiger partial charge in [-0.05, 0) is 24.3 Å². The average molecular weight is 394 g/mol. The van der Waals surface area contributed by atoms with Gasteiger partial charge in [0.2, 0.25) is 0 Å². The number of nitrogens with one attached hydrogen (secondary N) is 2. The van der Waals surface area contributed by atoms with E-state index in [0.29, 0.717) is 5.56 Å². The van der Waals surface area contributed by atoms with E-state index in [9.17, 15) is 19.7 Å². The van der Waals surface area contributed by atoms with E-state index in [1.165, 1.54) is 18.2 Å². The molecule has 0 unspecified atom stereocenters. The quantitative estimate of drug-likeness (QED) is 0.597. The van der Waals surface area contributed by atoms with Crippen LogP contribution in [0.15, 0.2) is 53.0 Å². The van der Waals surface area contributed by atoms with Crippen LogP contribution in [-0.2, 0) is 4.79 Å². The van der Waals surface area contributed by atoms with E-state index < -0.39 is 23.3 Å². The fraction of sp³-hybridized carbons (Fsp3) is 0.0667. The summed E-state index contributed by atoms with van der Waals surface area (Å²) in [7, 11) is 0. The molecule has 0 radical (unpaired) electrons. The Bertz CT molecular complexity index is 781. The maximum atomic E-state index is 11.8. The number of hydrogen-bond acceptors (Lipinski definition) is 5. The predicted octanol–water partition coefficient (Wildman–Crippen LogP) is 2.20. The Morgan fingerprint density at radius 1 is 1.12 bits per heavy atom. The topological polar surface area (TPSA) is 111 Å². The lowest BCUT2D eigenvalue weighted by Crippen LogP contribution is -2.43. The first-order valence-corrected chi connectivity index (χ1v) is 7.47. The Morgan fingerprint density at radius 3 is 2.58 bits per heavy atom. The Morgan fingerprint density at radius 2 is 1.88 bits per heavy atom. The number of halogens is 1. The lowest BCUT2D eigenvalue weighted by molar-refractivity contribution is -0.385. The minimum absolute atomic E-state index is 0.0315. The average Bonchev–Trinajstić information content (AvgIpc) is 2.58. The van der Waals surface area contributed by atoms with Crippen LogP contribution in [0.1, 0.15) is 10.4 Å². The van der Waals surface area contributed by atoms with Gasteiger partial charge in [0.15, 0.2) is 12.4 Å². The second-order valence-electron chi connectivity index (χ2n) is 4.53. The lowest BCUT2D eigenvalue weighted by Gasteiger charge is -2.09. The van der Waals surface area contributed by atoms with Gasteiger partial charge in [-0.25, -0.2) is 0 Å². The summed E-state index contributed by atoms with van der Waals surface area (Å²) in [5.74, 6) is -1.19. The Hall–Kier alpha value is -2.94. The van der Waals surface area contributed by atoms with Crippen molar-refractivity contribution in [2.75, 3.05) is 6.61 Å². The fourth-order valence-corrected chi connectivity index (χ4v) is 2.14. The van der Waals surface area contributed by atoms with Crippen LogP contribution < -0.4 is 15.6 Å². The highest BCUT2D eigenvalue weighted by atomic mass is 79.9. The molecule has 124 valence electrons. The van der Waals surface area contributed by atoms with Crippen molar-refractivity contribution in [1.82, 2.24) is 10.9 Å².